The zero-order valence-electron chi connectivity index (χ0n) is 14.3. The number of carbonyl (C=O) groups excluding carboxylic acids is 1. The summed E-state index contributed by atoms with van der Waals surface area (Å²) in [5, 5.41) is 3.01. The highest BCUT2D eigenvalue weighted by atomic mass is 16.5. The van der Waals surface area contributed by atoms with Crippen molar-refractivity contribution in [3.8, 4) is 5.75 Å². The van der Waals surface area contributed by atoms with E-state index in [2.05, 4.69) is 19.2 Å². The number of para-hydroxylation sites is 1. The van der Waals surface area contributed by atoms with Gasteiger partial charge in [0.2, 0.25) is 0 Å². The van der Waals surface area contributed by atoms with Crippen LogP contribution in [0.15, 0.2) is 48.5 Å². The number of ether oxygens (including phenoxy) is 1. The van der Waals surface area contributed by atoms with Gasteiger partial charge in [-0.25, -0.2) is 0 Å². The molecule has 0 spiro atoms. The van der Waals surface area contributed by atoms with E-state index in [1.165, 1.54) is 0 Å². The molecule has 23 heavy (non-hydrogen) atoms. The first-order chi connectivity index (χ1) is 11.0. The first-order valence-electron chi connectivity index (χ1n) is 8.14. The molecule has 2 aromatic rings. The van der Waals surface area contributed by atoms with E-state index >= 15 is 0 Å². The maximum absolute atomic E-state index is 12.6. The number of nitrogens with one attached hydrogen (secondary N) is 1. The molecule has 0 saturated carbocycles. The van der Waals surface area contributed by atoms with Crippen LogP contribution in [0, 0.1) is 6.92 Å². The molecule has 122 valence electrons. The van der Waals surface area contributed by atoms with E-state index in [1.807, 2.05) is 62.4 Å². The Bertz CT molecular complexity index is 664. The maximum atomic E-state index is 12.6. The minimum atomic E-state index is -0.503. The third-order valence-electron chi connectivity index (χ3n) is 3.77. The van der Waals surface area contributed by atoms with Crippen LogP contribution in [0.25, 0.3) is 0 Å². The van der Waals surface area contributed by atoms with Crippen LogP contribution in [0.2, 0.25) is 0 Å². The molecule has 3 heteroatoms. The largest absolute Gasteiger partial charge is 0.481 e. The number of rotatable bonds is 6. The average Bonchev–Trinajstić information content (AvgIpc) is 2.53. The number of hydrogen-bond acceptors (Lipinski definition) is 2. The van der Waals surface area contributed by atoms with Gasteiger partial charge in [-0.3, -0.25) is 4.79 Å². The Balaban J connectivity index is 2.12. The lowest BCUT2D eigenvalue weighted by molar-refractivity contribution is -0.122. The lowest BCUT2D eigenvalue weighted by Crippen LogP contribution is -2.32. The highest BCUT2D eigenvalue weighted by Crippen LogP contribution is 2.24. The second-order valence-corrected chi connectivity index (χ2v) is 6.06. The summed E-state index contributed by atoms with van der Waals surface area (Å²) in [6, 6.07) is 15.7. The topological polar surface area (TPSA) is 38.3 Å². The second kappa shape index (κ2) is 7.82. The van der Waals surface area contributed by atoms with E-state index < -0.39 is 6.10 Å². The van der Waals surface area contributed by atoms with Crippen molar-refractivity contribution in [3.63, 3.8) is 0 Å². The quantitative estimate of drug-likeness (QED) is 0.822. The van der Waals surface area contributed by atoms with Crippen LogP contribution in [-0.2, 0) is 4.79 Å². The summed E-state index contributed by atoms with van der Waals surface area (Å²) in [7, 11) is 0. The van der Waals surface area contributed by atoms with Crippen LogP contribution in [0.4, 0.5) is 5.69 Å². The van der Waals surface area contributed by atoms with Gasteiger partial charge in [-0.1, -0.05) is 51.1 Å². The molecule has 0 heterocycles. The van der Waals surface area contributed by atoms with Crippen LogP contribution in [-0.4, -0.2) is 12.0 Å². The summed E-state index contributed by atoms with van der Waals surface area (Å²) in [5.41, 5.74) is 3.10. The van der Waals surface area contributed by atoms with E-state index in [4.69, 9.17) is 4.74 Å². The Morgan fingerprint density at radius 3 is 2.52 bits per heavy atom. The van der Waals surface area contributed by atoms with Crippen LogP contribution in [0.3, 0.4) is 0 Å². The summed E-state index contributed by atoms with van der Waals surface area (Å²) in [5.74, 6) is 0.968. The van der Waals surface area contributed by atoms with Crippen molar-refractivity contribution in [1.29, 1.82) is 0 Å². The first kappa shape index (κ1) is 17.1. The molecular formula is C20H25NO2. The Kier molecular flexibility index (Phi) is 5.80. The number of hydrogen-bond donors (Lipinski definition) is 1. The minimum absolute atomic E-state index is 0.109. The molecule has 2 aromatic carbocycles. The van der Waals surface area contributed by atoms with Crippen LogP contribution < -0.4 is 10.1 Å². The van der Waals surface area contributed by atoms with Gasteiger partial charge in [-0.05, 0) is 48.6 Å². The summed E-state index contributed by atoms with van der Waals surface area (Å²) in [6.45, 7) is 8.19. The number of carbonyl (C=O) groups is 1. The lowest BCUT2D eigenvalue weighted by atomic mass is 10.0. The monoisotopic (exact) mass is 311 g/mol. The van der Waals surface area contributed by atoms with Gasteiger partial charge in [0.05, 0.1) is 0 Å². The zero-order valence-corrected chi connectivity index (χ0v) is 14.3. The van der Waals surface area contributed by atoms with Crippen LogP contribution in [0.1, 0.15) is 44.2 Å². The van der Waals surface area contributed by atoms with Gasteiger partial charge < -0.3 is 10.1 Å². The van der Waals surface area contributed by atoms with Gasteiger partial charge in [0.1, 0.15) is 5.75 Å². The van der Waals surface area contributed by atoms with Crippen LogP contribution in [0.5, 0.6) is 5.75 Å². The Labute approximate surface area is 138 Å². The molecule has 2 rings (SSSR count). The SMILES string of the molecule is CC[C@@H](Oc1cccc(C)c1)C(=O)Nc1ccccc1C(C)C. The van der Waals surface area contributed by atoms with Crippen molar-refractivity contribution in [1.82, 2.24) is 0 Å². The molecule has 1 amide bonds. The van der Waals surface area contributed by atoms with Crippen molar-refractivity contribution < 1.29 is 9.53 Å². The van der Waals surface area contributed by atoms with Gasteiger partial charge in [0.15, 0.2) is 6.10 Å². The summed E-state index contributed by atoms with van der Waals surface area (Å²) >= 11 is 0. The molecule has 1 N–H and O–H groups in total. The molecular weight excluding hydrogens is 286 g/mol. The van der Waals surface area contributed by atoms with Crippen molar-refractivity contribution >= 4 is 11.6 Å². The van der Waals surface area contributed by atoms with Gasteiger partial charge >= 0.3 is 0 Å². The molecule has 0 aliphatic heterocycles. The third-order valence-corrected chi connectivity index (χ3v) is 3.77. The van der Waals surface area contributed by atoms with Gasteiger partial charge in [0.25, 0.3) is 5.91 Å². The molecule has 0 aliphatic carbocycles. The fourth-order valence-electron chi connectivity index (χ4n) is 2.50. The number of aryl methyl sites for hydroxylation is 1. The summed E-state index contributed by atoms with van der Waals surface area (Å²) in [4.78, 5) is 12.6. The fourth-order valence-corrected chi connectivity index (χ4v) is 2.50. The average molecular weight is 311 g/mol. The van der Waals surface area contributed by atoms with E-state index in [0.29, 0.717) is 12.3 Å². The van der Waals surface area contributed by atoms with Crippen molar-refractivity contribution in [2.45, 2.75) is 46.1 Å². The summed E-state index contributed by atoms with van der Waals surface area (Å²) < 4.78 is 5.87. The normalized spacial score (nSPS) is 12.0. The standard InChI is InChI=1S/C20H25NO2/c1-5-19(23-16-10-8-9-15(4)13-16)20(22)21-18-12-7-6-11-17(18)14(2)3/h6-14,19H,5H2,1-4H3,(H,21,22)/t19-/m1/s1. The van der Waals surface area contributed by atoms with Crippen molar-refractivity contribution in [3.05, 3.63) is 59.7 Å². The fraction of sp³-hybridized carbons (Fsp3) is 0.350. The molecule has 0 unspecified atom stereocenters. The number of amides is 1. The molecule has 0 aromatic heterocycles. The Morgan fingerprint density at radius 1 is 1.13 bits per heavy atom. The Morgan fingerprint density at radius 2 is 1.87 bits per heavy atom. The lowest BCUT2D eigenvalue weighted by Gasteiger charge is -2.19. The molecule has 0 radical (unpaired) electrons. The van der Waals surface area contributed by atoms with E-state index in [1.54, 1.807) is 0 Å². The minimum Gasteiger partial charge on any atom is -0.481 e. The van der Waals surface area contributed by atoms with E-state index in [9.17, 15) is 4.79 Å². The van der Waals surface area contributed by atoms with Gasteiger partial charge in [0, 0.05) is 5.69 Å². The predicted octanol–water partition coefficient (Wildman–Crippen LogP) is 4.91. The first-order valence-corrected chi connectivity index (χ1v) is 8.14. The van der Waals surface area contributed by atoms with Crippen molar-refractivity contribution in [2.24, 2.45) is 0 Å². The zero-order chi connectivity index (χ0) is 16.8. The smallest absolute Gasteiger partial charge is 0.265 e. The van der Waals surface area contributed by atoms with Crippen molar-refractivity contribution in [2.75, 3.05) is 5.32 Å². The molecule has 3 nitrogen and oxygen atoms in total. The number of benzene rings is 2. The van der Waals surface area contributed by atoms with E-state index in [0.717, 1.165) is 22.6 Å². The second-order valence-electron chi connectivity index (χ2n) is 6.06. The van der Waals surface area contributed by atoms with Gasteiger partial charge in [-0.15, -0.1) is 0 Å². The Hall–Kier alpha value is -2.29. The van der Waals surface area contributed by atoms with Crippen LogP contribution >= 0.6 is 0 Å². The van der Waals surface area contributed by atoms with E-state index in [-0.39, 0.29) is 5.91 Å². The molecule has 0 saturated heterocycles. The molecule has 1 atom stereocenters. The molecule has 0 aliphatic rings. The maximum Gasteiger partial charge on any atom is 0.265 e. The molecule has 0 fully saturated rings. The number of anilines is 1. The summed E-state index contributed by atoms with van der Waals surface area (Å²) in [6.07, 6.45) is 0.112. The highest BCUT2D eigenvalue weighted by Gasteiger charge is 2.20. The highest BCUT2D eigenvalue weighted by molar-refractivity contribution is 5.95. The molecule has 0 bridgehead atoms. The van der Waals surface area contributed by atoms with Gasteiger partial charge in [-0.2, -0.15) is 0 Å². The predicted molar refractivity (Wildman–Crippen MR) is 95.0 cm³/mol. The third kappa shape index (κ3) is 4.59.